The molecule has 0 aromatic carbocycles. The summed E-state index contributed by atoms with van der Waals surface area (Å²) in [6.07, 6.45) is 6.58. The normalized spacial score (nSPS) is 21.2. The Morgan fingerprint density at radius 1 is 1.56 bits per heavy atom. The van der Waals surface area contributed by atoms with Crippen molar-refractivity contribution >= 4 is 11.6 Å². The number of hydrogen-bond donors (Lipinski definition) is 2. The number of hydrogen-bond acceptors (Lipinski definition) is 3. The van der Waals surface area contributed by atoms with Crippen molar-refractivity contribution in [1.82, 2.24) is 15.2 Å². The van der Waals surface area contributed by atoms with Gasteiger partial charge >= 0.3 is 0 Å². The highest BCUT2D eigenvalue weighted by Crippen LogP contribution is 2.47. The molecule has 2 rings (SSSR count). The fraction of sp³-hybridized carbons (Fsp3) is 0.727. The number of rotatable bonds is 3. The maximum atomic E-state index is 6.18. The average Bonchev–Trinajstić information content (AvgIpc) is 2.80. The van der Waals surface area contributed by atoms with Crippen LogP contribution in [0.15, 0.2) is 6.20 Å². The lowest BCUT2D eigenvalue weighted by Crippen LogP contribution is -2.39. The van der Waals surface area contributed by atoms with Crippen molar-refractivity contribution in [2.24, 2.45) is 18.3 Å². The number of nitrogens with zero attached hydrogens (tertiary/aromatic N) is 2. The van der Waals surface area contributed by atoms with Gasteiger partial charge in [-0.2, -0.15) is 5.10 Å². The minimum absolute atomic E-state index is 0.0787. The van der Waals surface area contributed by atoms with Crippen LogP contribution in [-0.4, -0.2) is 9.78 Å². The molecule has 90 valence electrons. The zero-order chi connectivity index (χ0) is 11.8. The molecule has 0 saturated heterocycles. The Hall–Kier alpha value is -0.580. The van der Waals surface area contributed by atoms with Crippen LogP contribution in [0.2, 0.25) is 5.02 Å². The van der Waals surface area contributed by atoms with Crippen LogP contribution in [0.3, 0.4) is 0 Å². The highest BCUT2D eigenvalue weighted by atomic mass is 35.5. The van der Waals surface area contributed by atoms with Crippen LogP contribution >= 0.6 is 11.6 Å². The maximum Gasteiger partial charge on any atom is 0.0834 e. The molecular weight excluding hydrogens is 224 g/mol. The monoisotopic (exact) mass is 242 g/mol. The van der Waals surface area contributed by atoms with Crippen LogP contribution in [0.5, 0.6) is 0 Å². The Labute approximate surface area is 101 Å². The summed E-state index contributed by atoms with van der Waals surface area (Å²) in [5.41, 5.74) is 4.10. The van der Waals surface area contributed by atoms with Gasteiger partial charge in [0.05, 0.1) is 23.0 Å². The van der Waals surface area contributed by atoms with Crippen LogP contribution in [0, 0.1) is 5.41 Å². The molecule has 1 aliphatic carbocycles. The van der Waals surface area contributed by atoms with Crippen LogP contribution in [0.25, 0.3) is 0 Å². The highest BCUT2D eigenvalue weighted by Gasteiger charge is 2.39. The smallest absolute Gasteiger partial charge is 0.0834 e. The van der Waals surface area contributed by atoms with Crippen molar-refractivity contribution in [3.8, 4) is 0 Å². The van der Waals surface area contributed by atoms with E-state index in [-0.39, 0.29) is 11.5 Å². The molecule has 5 heteroatoms. The first-order chi connectivity index (χ1) is 7.58. The Morgan fingerprint density at radius 3 is 2.62 bits per heavy atom. The third-order valence-electron chi connectivity index (χ3n) is 3.82. The molecule has 0 radical (unpaired) electrons. The molecule has 0 spiro atoms. The summed E-state index contributed by atoms with van der Waals surface area (Å²) < 4.78 is 1.82. The van der Waals surface area contributed by atoms with Gasteiger partial charge in [-0.1, -0.05) is 31.4 Å². The summed E-state index contributed by atoms with van der Waals surface area (Å²) in [7, 11) is 1.91. The molecule has 3 N–H and O–H groups in total. The van der Waals surface area contributed by atoms with E-state index >= 15 is 0 Å². The molecule has 1 aromatic rings. The van der Waals surface area contributed by atoms with Crippen molar-refractivity contribution in [3.05, 3.63) is 16.9 Å². The summed E-state index contributed by atoms with van der Waals surface area (Å²) in [4.78, 5) is 0. The molecule has 1 aromatic heterocycles. The summed E-state index contributed by atoms with van der Waals surface area (Å²) in [5, 5.41) is 4.87. The third kappa shape index (κ3) is 1.85. The predicted molar refractivity (Wildman–Crippen MR) is 64.9 cm³/mol. The molecule has 0 aliphatic heterocycles. The first-order valence-corrected chi connectivity index (χ1v) is 6.10. The molecule has 1 heterocycles. The second-order valence-corrected chi connectivity index (χ2v) is 5.37. The first kappa shape index (κ1) is 11.9. The van der Waals surface area contributed by atoms with Crippen LogP contribution < -0.4 is 11.3 Å². The third-order valence-corrected chi connectivity index (χ3v) is 4.11. The lowest BCUT2D eigenvalue weighted by molar-refractivity contribution is 0.216. The molecule has 4 nitrogen and oxygen atoms in total. The lowest BCUT2D eigenvalue weighted by Gasteiger charge is -2.33. The summed E-state index contributed by atoms with van der Waals surface area (Å²) in [6, 6.07) is 0.0787. The van der Waals surface area contributed by atoms with Gasteiger partial charge in [-0.15, -0.1) is 0 Å². The topological polar surface area (TPSA) is 55.9 Å². The van der Waals surface area contributed by atoms with Crippen molar-refractivity contribution in [3.63, 3.8) is 0 Å². The van der Waals surface area contributed by atoms with Gasteiger partial charge in [0.2, 0.25) is 0 Å². The number of hydrazine groups is 1. The molecule has 16 heavy (non-hydrogen) atoms. The first-order valence-electron chi connectivity index (χ1n) is 5.72. The average molecular weight is 243 g/mol. The lowest BCUT2D eigenvalue weighted by atomic mass is 9.79. The predicted octanol–water partition coefficient (Wildman–Crippen LogP) is 2.16. The minimum atomic E-state index is 0.0787. The standard InChI is InChI=1S/C11H19ClN4/c1-11(5-3-4-6-11)10(15-13)9-8(12)7-14-16(9)2/h7,10,15H,3-6,13H2,1-2H3. The largest absolute Gasteiger partial charge is 0.271 e. The maximum absolute atomic E-state index is 6.18. The minimum Gasteiger partial charge on any atom is -0.271 e. The van der Waals surface area contributed by atoms with E-state index in [2.05, 4.69) is 17.4 Å². The molecule has 1 aliphatic rings. The van der Waals surface area contributed by atoms with Crippen LogP contribution in [-0.2, 0) is 7.05 Å². The fourth-order valence-electron chi connectivity index (χ4n) is 2.83. The second-order valence-electron chi connectivity index (χ2n) is 4.96. The van der Waals surface area contributed by atoms with E-state index in [4.69, 9.17) is 17.4 Å². The zero-order valence-electron chi connectivity index (χ0n) is 9.83. The number of halogens is 1. The van der Waals surface area contributed by atoms with E-state index in [9.17, 15) is 0 Å². The highest BCUT2D eigenvalue weighted by molar-refractivity contribution is 6.31. The van der Waals surface area contributed by atoms with Gasteiger partial charge in [0, 0.05) is 7.05 Å². The zero-order valence-corrected chi connectivity index (χ0v) is 10.6. The van der Waals surface area contributed by atoms with Gasteiger partial charge in [-0.3, -0.25) is 16.0 Å². The van der Waals surface area contributed by atoms with Crippen molar-refractivity contribution in [2.45, 2.75) is 38.6 Å². The van der Waals surface area contributed by atoms with E-state index in [0.717, 1.165) is 5.69 Å². The number of nitrogens with two attached hydrogens (primary N) is 1. The Balaban J connectivity index is 2.36. The summed E-state index contributed by atoms with van der Waals surface area (Å²) >= 11 is 6.18. The van der Waals surface area contributed by atoms with Gasteiger partial charge < -0.3 is 0 Å². The molecule has 1 fully saturated rings. The molecule has 1 atom stereocenters. The number of aromatic nitrogens is 2. The Kier molecular flexibility index (Phi) is 3.24. The van der Waals surface area contributed by atoms with Gasteiger partial charge in [-0.05, 0) is 18.3 Å². The molecule has 1 unspecified atom stereocenters. The second kappa shape index (κ2) is 4.35. The SMILES string of the molecule is Cn1ncc(Cl)c1C(NN)C1(C)CCCC1. The van der Waals surface area contributed by atoms with Gasteiger partial charge in [0.25, 0.3) is 0 Å². The van der Waals surface area contributed by atoms with Crippen molar-refractivity contribution in [2.75, 3.05) is 0 Å². The number of aryl methyl sites for hydroxylation is 1. The van der Waals surface area contributed by atoms with E-state index in [1.54, 1.807) is 6.20 Å². The van der Waals surface area contributed by atoms with Crippen molar-refractivity contribution < 1.29 is 0 Å². The van der Waals surface area contributed by atoms with E-state index < -0.39 is 0 Å². The summed E-state index contributed by atoms with van der Waals surface area (Å²) in [5.74, 6) is 5.72. The van der Waals surface area contributed by atoms with E-state index in [1.807, 2.05) is 11.7 Å². The molecule has 0 amide bonds. The summed E-state index contributed by atoms with van der Waals surface area (Å²) in [6.45, 7) is 2.27. The van der Waals surface area contributed by atoms with Crippen molar-refractivity contribution in [1.29, 1.82) is 0 Å². The van der Waals surface area contributed by atoms with Crippen LogP contribution in [0.1, 0.15) is 44.3 Å². The Bertz CT molecular complexity index is 349. The van der Waals surface area contributed by atoms with E-state index in [1.165, 1.54) is 25.7 Å². The molecular formula is C11H19ClN4. The Morgan fingerprint density at radius 2 is 2.19 bits per heavy atom. The quantitative estimate of drug-likeness (QED) is 0.631. The van der Waals surface area contributed by atoms with Crippen LogP contribution in [0.4, 0.5) is 0 Å². The van der Waals surface area contributed by atoms with Gasteiger partial charge in [-0.25, -0.2) is 0 Å². The van der Waals surface area contributed by atoms with Gasteiger partial charge in [0.1, 0.15) is 0 Å². The number of nitrogens with one attached hydrogen (secondary N) is 1. The fourth-order valence-corrected chi connectivity index (χ4v) is 3.10. The molecule has 0 bridgehead atoms. The van der Waals surface area contributed by atoms with Gasteiger partial charge in [0.15, 0.2) is 0 Å². The molecule has 1 saturated carbocycles. The van der Waals surface area contributed by atoms with E-state index in [0.29, 0.717) is 5.02 Å².